The maximum Gasteiger partial charge on any atom is 0.341 e. The highest BCUT2D eigenvalue weighted by Crippen LogP contribution is 2.36. The Morgan fingerprint density at radius 3 is 2.31 bits per heavy atom. The fourth-order valence-electron chi connectivity index (χ4n) is 2.90. The van der Waals surface area contributed by atoms with Crippen molar-refractivity contribution in [3.63, 3.8) is 0 Å². The van der Waals surface area contributed by atoms with Crippen LogP contribution in [0.5, 0.6) is 0 Å². The predicted octanol–water partition coefficient (Wildman–Crippen LogP) is 6.36. The summed E-state index contributed by atoms with van der Waals surface area (Å²) in [6.07, 6.45) is 0. The molecule has 0 radical (unpaired) electrons. The van der Waals surface area contributed by atoms with E-state index < -0.39 is 12.0 Å². The largest absolute Gasteiger partial charge is 0.462 e. The van der Waals surface area contributed by atoms with Crippen LogP contribution in [-0.4, -0.2) is 18.6 Å². The van der Waals surface area contributed by atoms with Gasteiger partial charge in [0.05, 0.1) is 6.61 Å². The molecule has 0 atom stereocenters. The minimum atomic E-state index is -0.452. The maximum atomic E-state index is 12.6. The zero-order valence-corrected chi connectivity index (χ0v) is 17.5. The van der Waals surface area contributed by atoms with Crippen molar-refractivity contribution in [1.82, 2.24) is 0 Å². The van der Waals surface area contributed by atoms with E-state index in [1.807, 2.05) is 35.7 Å². The van der Waals surface area contributed by atoms with Crippen molar-refractivity contribution in [3.8, 4) is 11.1 Å². The van der Waals surface area contributed by atoms with Crippen LogP contribution in [-0.2, 0) is 4.74 Å². The maximum absolute atomic E-state index is 12.6. The van der Waals surface area contributed by atoms with Gasteiger partial charge in [-0.3, -0.25) is 5.32 Å². The lowest BCUT2D eigenvalue weighted by Crippen LogP contribution is -2.20. The summed E-state index contributed by atoms with van der Waals surface area (Å²) in [5, 5.41) is 7.88. The first-order valence-electron chi connectivity index (χ1n) is 9.51. The second kappa shape index (κ2) is 9.39. The molecule has 5 nitrogen and oxygen atoms in total. The molecule has 0 unspecified atom stereocenters. The predicted molar refractivity (Wildman–Crippen MR) is 119 cm³/mol. The van der Waals surface area contributed by atoms with Gasteiger partial charge in [0.1, 0.15) is 10.6 Å². The standard InChI is InChI=1S/C23H24N2O3S/c1-4-28-22(26)20-19(17-12-10-16(11-13-17)15(2)3)14-29-21(20)25-23(27)24-18-8-6-5-7-9-18/h5-15H,4H2,1-3H3,(H2,24,25,27). The molecule has 0 saturated heterocycles. The number of anilines is 2. The summed E-state index contributed by atoms with van der Waals surface area (Å²) in [7, 11) is 0. The lowest BCUT2D eigenvalue weighted by Gasteiger charge is -2.11. The van der Waals surface area contributed by atoms with Crippen LogP contribution in [0.1, 0.15) is 42.6 Å². The van der Waals surface area contributed by atoms with Crippen LogP contribution in [0.3, 0.4) is 0 Å². The van der Waals surface area contributed by atoms with E-state index in [-0.39, 0.29) is 6.61 Å². The van der Waals surface area contributed by atoms with Crippen molar-refractivity contribution < 1.29 is 14.3 Å². The zero-order chi connectivity index (χ0) is 20.8. The SMILES string of the molecule is CCOC(=O)c1c(-c2ccc(C(C)C)cc2)csc1NC(=O)Nc1ccccc1. The van der Waals surface area contributed by atoms with Crippen molar-refractivity contribution >= 4 is 34.0 Å². The number of amides is 2. The van der Waals surface area contributed by atoms with Crippen LogP contribution in [0.25, 0.3) is 11.1 Å². The van der Waals surface area contributed by atoms with Crippen LogP contribution >= 0.6 is 11.3 Å². The highest BCUT2D eigenvalue weighted by atomic mass is 32.1. The Balaban J connectivity index is 1.89. The average Bonchev–Trinajstić information content (AvgIpc) is 3.12. The third kappa shape index (κ3) is 5.03. The Hall–Kier alpha value is -3.12. The molecule has 2 aromatic carbocycles. The number of carbonyl (C=O) groups excluding carboxylic acids is 2. The smallest absolute Gasteiger partial charge is 0.341 e. The van der Waals surface area contributed by atoms with Gasteiger partial charge < -0.3 is 10.1 Å². The Morgan fingerprint density at radius 2 is 1.69 bits per heavy atom. The number of benzene rings is 2. The third-order valence-corrected chi connectivity index (χ3v) is 5.31. The summed E-state index contributed by atoms with van der Waals surface area (Å²) in [6, 6.07) is 16.8. The molecule has 0 fully saturated rings. The summed E-state index contributed by atoms with van der Waals surface area (Å²) >= 11 is 1.30. The Bertz CT molecular complexity index is 979. The van der Waals surface area contributed by atoms with Crippen molar-refractivity contribution in [2.45, 2.75) is 26.7 Å². The van der Waals surface area contributed by atoms with Gasteiger partial charge in [0.25, 0.3) is 0 Å². The molecule has 1 heterocycles. The van der Waals surface area contributed by atoms with E-state index >= 15 is 0 Å². The van der Waals surface area contributed by atoms with Gasteiger partial charge in [-0.15, -0.1) is 11.3 Å². The zero-order valence-electron chi connectivity index (χ0n) is 16.7. The summed E-state index contributed by atoms with van der Waals surface area (Å²) < 4.78 is 5.25. The van der Waals surface area contributed by atoms with Crippen LogP contribution in [0, 0.1) is 0 Å². The third-order valence-electron chi connectivity index (χ3n) is 4.42. The van der Waals surface area contributed by atoms with E-state index in [0.717, 1.165) is 11.1 Å². The van der Waals surface area contributed by atoms with Crippen molar-refractivity contribution in [1.29, 1.82) is 0 Å². The molecule has 0 spiro atoms. The molecule has 0 aliphatic heterocycles. The number of thiophene rings is 1. The van der Waals surface area contributed by atoms with E-state index in [2.05, 4.69) is 36.6 Å². The first-order valence-corrected chi connectivity index (χ1v) is 10.4. The molecule has 3 rings (SSSR count). The van der Waals surface area contributed by atoms with E-state index in [9.17, 15) is 9.59 Å². The molecule has 0 aliphatic rings. The molecule has 0 aliphatic carbocycles. The second-order valence-corrected chi connectivity index (χ2v) is 7.68. The van der Waals surface area contributed by atoms with E-state index in [1.54, 1.807) is 19.1 Å². The monoisotopic (exact) mass is 408 g/mol. The van der Waals surface area contributed by atoms with Crippen LogP contribution < -0.4 is 10.6 Å². The van der Waals surface area contributed by atoms with E-state index in [4.69, 9.17) is 4.74 Å². The molecule has 6 heteroatoms. The lowest BCUT2D eigenvalue weighted by molar-refractivity contribution is 0.0529. The number of nitrogens with one attached hydrogen (secondary N) is 2. The molecule has 150 valence electrons. The number of ether oxygens (including phenoxy) is 1. The van der Waals surface area contributed by atoms with Crippen LogP contribution in [0.15, 0.2) is 60.0 Å². The molecule has 3 aromatic rings. The highest BCUT2D eigenvalue weighted by molar-refractivity contribution is 7.15. The van der Waals surface area contributed by atoms with Crippen LogP contribution in [0.2, 0.25) is 0 Å². The number of carbonyl (C=O) groups is 2. The molecule has 29 heavy (non-hydrogen) atoms. The molecule has 0 bridgehead atoms. The van der Waals surface area contributed by atoms with Gasteiger partial charge in [0, 0.05) is 16.6 Å². The fourth-order valence-corrected chi connectivity index (χ4v) is 3.86. The lowest BCUT2D eigenvalue weighted by atomic mass is 9.98. The Morgan fingerprint density at radius 1 is 1.00 bits per heavy atom. The van der Waals surface area contributed by atoms with E-state index in [0.29, 0.717) is 22.2 Å². The van der Waals surface area contributed by atoms with Gasteiger partial charge in [0.2, 0.25) is 0 Å². The van der Waals surface area contributed by atoms with E-state index in [1.165, 1.54) is 16.9 Å². The van der Waals surface area contributed by atoms with Gasteiger partial charge in [-0.2, -0.15) is 0 Å². The molecular weight excluding hydrogens is 384 g/mol. The summed E-state index contributed by atoms with van der Waals surface area (Å²) in [4.78, 5) is 25.1. The quantitative estimate of drug-likeness (QED) is 0.466. The first-order chi connectivity index (χ1) is 14.0. The number of para-hydroxylation sites is 1. The number of hydrogen-bond acceptors (Lipinski definition) is 4. The van der Waals surface area contributed by atoms with Gasteiger partial charge in [-0.05, 0) is 36.1 Å². The number of rotatable bonds is 6. The van der Waals surface area contributed by atoms with Gasteiger partial charge in [-0.25, -0.2) is 9.59 Å². The Labute approximate surface area is 174 Å². The van der Waals surface area contributed by atoms with Crippen molar-refractivity contribution in [2.24, 2.45) is 0 Å². The molecule has 2 N–H and O–H groups in total. The molecule has 1 aromatic heterocycles. The first kappa shape index (κ1) is 20.6. The Kier molecular flexibility index (Phi) is 6.67. The highest BCUT2D eigenvalue weighted by Gasteiger charge is 2.23. The van der Waals surface area contributed by atoms with Gasteiger partial charge >= 0.3 is 12.0 Å². The summed E-state index contributed by atoms with van der Waals surface area (Å²) in [5.74, 6) is -0.0262. The summed E-state index contributed by atoms with van der Waals surface area (Å²) in [6.45, 7) is 6.29. The number of urea groups is 1. The topological polar surface area (TPSA) is 67.4 Å². The fraction of sp³-hybridized carbons (Fsp3) is 0.217. The van der Waals surface area contributed by atoms with Gasteiger partial charge in [0.15, 0.2) is 0 Å². The van der Waals surface area contributed by atoms with Gasteiger partial charge in [-0.1, -0.05) is 56.3 Å². The number of hydrogen-bond donors (Lipinski definition) is 2. The minimum Gasteiger partial charge on any atom is -0.462 e. The molecule has 0 saturated carbocycles. The van der Waals surface area contributed by atoms with Crippen LogP contribution in [0.4, 0.5) is 15.5 Å². The summed E-state index contributed by atoms with van der Waals surface area (Å²) in [5.41, 5.74) is 3.92. The normalized spacial score (nSPS) is 10.6. The molecule has 2 amide bonds. The molecular formula is C23H24N2O3S. The van der Waals surface area contributed by atoms with Crippen molar-refractivity contribution in [3.05, 3.63) is 71.1 Å². The number of esters is 1. The minimum absolute atomic E-state index is 0.260. The average molecular weight is 409 g/mol. The second-order valence-electron chi connectivity index (χ2n) is 6.80. The van der Waals surface area contributed by atoms with Crippen molar-refractivity contribution in [2.75, 3.05) is 17.2 Å².